The molecule has 3 heteroatoms. The van der Waals surface area contributed by atoms with Crippen LogP contribution in [0.5, 0.6) is 0 Å². The number of nitrogens with two attached hydrogens (primary N) is 1. The molecule has 0 saturated heterocycles. The molecule has 3 nitrogen and oxygen atoms in total. The molecule has 0 spiro atoms. The summed E-state index contributed by atoms with van der Waals surface area (Å²) in [7, 11) is 0. The lowest BCUT2D eigenvalue weighted by atomic mass is 10.0. The third kappa shape index (κ3) is 1.23. The third-order valence-corrected chi connectivity index (χ3v) is 3.59. The van der Waals surface area contributed by atoms with Gasteiger partial charge in [-0.15, -0.1) is 0 Å². The Kier molecular flexibility index (Phi) is 2.07. The first-order valence-electron chi connectivity index (χ1n) is 5.05. The maximum absolute atomic E-state index is 5.75. The number of hydrogen-bond donors (Lipinski definition) is 1. The van der Waals surface area contributed by atoms with Gasteiger partial charge in [0.15, 0.2) is 0 Å². The van der Waals surface area contributed by atoms with E-state index in [2.05, 4.69) is 23.8 Å². The quantitative estimate of drug-likeness (QED) is 0.770. The van der Waals surface area contributed by atoms with Crippen molar-refractivity contribution < 1.29 is 0 Å². The maximum Gasteiger partial charge on any atom is 0.115 e. The van der Waals surface area contributed by atoms with Crippen LogP contribution in [0.4, 0.5) is 0 Å². The van der Waals surface area contributed by atoms with E-state index >= 15 is 0 Å². The van der Waals surface area contributed by atoms with Crippen LogP contribution in [0, 0.1) is 18.3 Å². The van der Waals surface area contributed by atoms with E-state index in [-0.39, 0.29) is 0 Å². The molecule has 0 aromatic carbocycles. The van der Waals surface area contributed by atoms with Crippen molar-refractivity contribution in [2.24, 2.45) is 17.1 Å². The van der Waals surface area contributed by atoms with Gasteiger partial charge in [-0.3, -0.25) is 0 Å². The standard InChI is InChI=1S/C11H17N3/c1-7-8(5-13-6-14-7)10-9(4-12)11(10,2)3/h5-6,9-10H,4,12H2,1-3H3/t9-,10-/m1/s1. The van der Waals surface area contributed by atoms with Gasteiger partial charge in [-0.1, -0.05) is 13.8 Å². The zero-order valence-corrected chi connectivity index (χ0v) is 8.99. The fourth-order valence-electron chi connectivity index (χ4n) is 2.51. The minimum atomic E-state index is 0.324. The smallest absolute Gasteiger partial charge is 0.115 e. The van der Waals surface area contributed by atoms with Crippen LogP contribution in [-0.4, -0.2) is 16.5 Å². The molecule has 2 N–H and O–H groups in total. The van der Waals surface area contributed by atoms with E-state index in [0.29, 0.717) is 17.3 Å². The Hall–Kier alpha value is -0.960. The second-order valence-electron chi connectivity index (χ2n) is 4.70. The first-order valence-corrected chi connectivity index (χ1v) is 5.05. The first kappa shape index (κ1) is 9.59. The van der Waals surface area contributed by atoms with E-state index < -0.39 is 0 Å². The van der Waals surface area contributed by atoms with Gasteiger partial charge in [-0.2, -0.15) is 0 Å². The molecule has 1 aliphatic carbocycles. The van der Waals surface area contributed by atoms with Crippen LogP contribution in [0.1, 0.15) is 31.0 Å². The molecule has 1 fully saturated rings. The van der Waals surface area contributed by atoms with Crippen LogP contribution < -0.4 is 5.73 Å². The molecule has 1 saturated carbocycles. The zero-order chi connectivity index (χ0) is 10.3. The Labute approximate surface area is 84.8 Å². The average Bonchev–Trinajstić information content (AvgIpc) is 2.69. The molecule has 1 aliphatic rings. The van der Waals surface area contributed by atoms with Crippen molar-refractivity contribution in [2.45, 2.75) is 26.7 Å². The van der Waals surface area contributed by atoms with E-state index in [1.165, 1.54) is 5.56 Å². The molecule has 0 amide bonds. The first-order chi connectivity index (χ1) is 6.59. The van der Waals surface area contributed by atoms with E-state index in [0.717, 1.165) is 12.2 Å². The topological polar surface area (TPSA) is 51.8 Å². The van der Waals surface area contributed by atoms with Crippen LogP contribution in [0.2, 0.25) is 0 Å². The molecule has 0 unspecified atom stereocenters. The highest BCUT2D eigenvalue weighted by atomic mass is 14.8. The number of aryl methyl sites for hydroxylation is 1. The van der Waals surface area contributed by atoms with Gasteiger partial charge in [0.05, 0.1) is 0 Å². The summed E-state index contributed by atoms with van der Waals surface area (Å²) in [5.41, 5.74) is 8.43. The summed E-state index contributed by atoms with van der Waals surface area (Å²) in [6.45, 7) is 7.33. The third-order valence-electron chi connectivity index (χ3n) is 3.59. The molecule has 2 atom stereocenters. The van der Waals surface area contributed by atoms with Crippen LogP contribution in [0.15, 0.2) is 12.5 Å². The number of hydrogen-bond acceptors (Lipinski definition) is 3. The van der Waals surface area contributed by atoms with Gasteiger partial charge in [-0.05, 0) is 36.3 Å². The van der Waals surface area contributed by atoms with Crippen molar-refractivity contribution in [3.63, 3.8) is 0 Å². The van der Waals surface area contributed by atoms with Crippen molar-refractivity contribution in [3.8, 4) is 0 Å². The largest absolute Gasteiger partial charge is 0.330 e. The number of aromatic nitrogens is 2. The molecule has 14 heavy (non-hydrogen) atoms. The van der Waals surface area contributed by atoms with Crippen molar-refractivity contribution in [3.05, 3.63) is 23.8 Å². The fourth-order valence-corrected chi connectivity index (χ4v) is 2.51. The Balaban J connectivity index is 2.31. The van der Waals surface area contributed by atoms with E-state index in [9.17, 15) is 0 Å². The molecule has 0 radical (unpaired) electrons. The van der Waals surface area contributed by atoms with Gasteiger partial charge in [-0.25, -0.2) is 9.97 Å². The molecule has 1 aromatic rings. The predicted octanol–water partition coefficient (Wildman–Crippen LogP) is 1.48. The molecule has 0 bridgehead atoms. The summed E-state index contributed by atoms with van der Waals surface area (Å²) in [5, 5.41) is 0. The van der Waals surface area contributed by atoms with Gasteiger partial charge in [0, 0.05) is 11.9 Å². The lowest BCUT2D eigenvalue weighted by Crippen LogP contribution is -2.05. The Morgan fingerprint density at radius 1 is 1.50 bits per heavy atom. The Morgan fingerprint density at radius 2 is 2.21 bits per heavy atom. The minimum absolute atomic E-state index is 0.324. The summed E-state index contributed by atoms with van der Waals surface area (Å²) < 4.78 is 0. The van der Waals surface area contributed by atoms with E-state index in [1.807, 2.05) is 13.1 Å². The van der Waals surface area contributed by atoms with Crippen LogP contribution in [0.25, 0.3) is 0 Å². The minimum Gasteiger partial charge on any atom is -0.330 e. The van der Waals surface area contributed by atoms with E-state index in [1.54, 1.807) is 6.33 Å². The van der Waals surface area contributed by atoms with Crippen molar-refractivity contribution in [2.75, 3.05) is 6.54 Å². The fraction of sp³-hybridized carbons (Fsp3) is 0.636. The zero-order valence-electron chi connectivity index (χ0n) is 8.99. The molecule has 1 heterocycles. The molecule has 76 valence electrons. The summed E-state index contributed by atoms with van der Waals surface area (Å²) in [6.07, 6.45) is 3.54. The Bertz CT molecular complexity index is 346. The monoisotopic (exact) mass is 191 g/mol. The molecule has 2 rings (SSSR count). The maximum atomic E-state index is 5.75. The second-order valence-corrected chi connectivity index (χ2v) is 4.70. The van der Waals surface area contributed by atoms with Crippen molar-refractivity contribution in [1.82, 2.24) is 9.97 Å². The lowest BCUT2D eigenvalue weighted by molar-refractivity contribution is 0.558. The van der Waals surface area contributed by atoms with E-state index in [4.69, 9.17) is 5.73 Å². The number of nitrogens with zero attached hydrogens (tertiary/aromatic N) is 2. The second kappa shape index (κ2) is 3.02. The van der Waals surface area contributed by atoms with Gasteiger partial charge in [0.1, 0.15) is 6.33 Å². The van der Waals surface area contributed by atoms with Crippen LogP contribution in [0.3, 0.4) is 0 Å². The SMILES string of the molecule is Cc1ncncc1[C@@H]1[C@@H](CN)C1(C)C. The summed E-state index contributed by atoms with van der Waals surface area (Å²) >= 11 is 0. The highest BCUT2D eigenvalue weighted by molar-refractivity contribution is 5.32. The molecular formula is C11H17N3. The van der Waals surface area contributed by atoms with Crippen LogP contribution in [-0.2, 0) is 0 Å². The van der Waals surface area contributed by atoms with Gasteiger partial charge in [0.2, 0.25) is 0 Å². The predicted molar refractivity (Wildman–Crippen MR) is 55.8 cm³/mol. The van der Waals surface area contributed by atoms with Crippen LogP contribution >= 0.6 is 0 Å². The lowest BCUT2D eigenvalue weighted by Gasteiger charge is -2.04. The summed E-state index contributed by atoms with van der Waals surface area (Å²) in [6, 6.07) is 0. The average molecular weight is 191 g/mol. The van der Waals surface area contributed by atoms with Crippen molar-refractivity contribution >= 4 is 0 Å². The normalized spacial score (nSPS) is 28.9. The molecular weight excluding hydrogens is 174 g/mol. The molecule has 1 aromatic heterocycles. The Morgan fingerprint density at radius 3 is 2.71 bits per heavy atom. The van der Waals surface area contributed by atoms with Gasteiger partial charge in [0.25, 0.3) is 0 Å². The van der Waals surface area contributed by atoms with Gasteiger partial charge < -0.3 is 5.73 Å². The van der Waals surface area contributed by atoms with Crippen molar-refractivity contribution in [1.29, 1.82) is 0 Å². The summed E-state index contributed by atoms with van der Waals surface area (Å²) in [5.74, 6) is 1.14. The van der Waals surface area contributed by atoms with Gasteiger partial charge >= 0.3 is 0 Å². The molecule has 0 aliphatic heterocycles. The highest BCUT2D eigenvalue weighted by Gasteiger charge is 2.57. The summed E-state index contributed by atoms with van der Waals surface area (Å²) in [4.78, 5) is 8.31. The highest BCUT2D eigenvalue weighted by Crippen LogP contribution is 2.63. The number of rotatable bonds is 2.